The van der Waals surface area contributed by atoms with Crippen LogP contribution in [0.1, 0.15) is 18.5 Å². The smallest absolute Gasteiger partial charge is 0.0682 e. The van der Waals surface area contributed by atoms with Gasteiger partial charge in [-0.2, -0.15) is 4.37 Å². The van der Waals surface area contributed by atoms with Crippen molar-refractivity contribution >= 4 is 11.5 Å². The zero-order valence-electron chi connectivity index (χ0n) is 7.65. The first-order chi connectivity index (χ1) is 6.34. The van der Waals surface area contributed by atoms with Gasteiger partial charge in [0.05, 0.1) is 5.69 Å². The largest absolute Gasteiger partial charge is 0.328 e. The van der Waals surface area contributed by atoms with E-state index in [2.05, 4.69) is 15.3 Å². The highest BCUT2D eigenvalue weighted by atomic mass is 32.1. The zero-order chi connectivity index (χ0) is 9.10. The third-order valence-corrected chi connectivity index (χ3v) is 3.11. The van der Waals surface area contributed by atoms with Crippen LogP contribution in [0.4, 0.5) is 0 Å². The van der Waals surface area contributed by atoms with E-state index in [-0.39, 0.29) is 0 Å². The van der Waals surface area contributed by atoms with Gasteiger partial charge in [0, 0.05) is 31.1 Å². The van der Waals surface area contributed by atoms with Crippen LogP contribution in [0.15, 0.2) is 11.4 Å². The van der Waals surface area contributed by atoms with Crippen LogP contribution in [-0.4, -0.2) is 28.4 Å². The molecule has 1 aromatic rings. The Labute approximate surface area is 82.7 Å². The van der Waals surface area contributed by atoms with E-state index >= 15 is 0 Å². The number of hydrogen-bond acceptors (Lipinski definition) is 4. The van der Waals surface area contributed by atoms with Gasteiger partial charge in [-0.1, -0.05) is 0 Å². The lowest BCUT2D eigenvalue weighted by molar-refractivity contribution is 0.204. The molecule has 1 aliphatic rings. The maximum Gasteiger partial charge on any atom is 0.0682 e. The monoisotopic (exact) mass is 197 g/mol. The summed E-state index contributed by atoms with van der Waals surface area (Å²) in [5, 5.41) is 2.03. The quantitative estimate of drug-likeness (QED) is 0.771. The SMILES string of the molecule is NC1CCN(Cc2ccsn2)CC1. The average molecular weight is 197 g/mol. The van der Waals surface area contributed by atoms with Crippen molar-refractivity contribution in [2.75, 3.05) is 13.1 Å². The molecule has 0 spiro atoms. The number of likely N-dealkylation sites (tertiary alicyclic amines) is 1. The maximum atomic E-state index is 5.83. The van der Waals surface area contributed by atoms with Crippen molar-refractivity contribution in [2.24, 2.45) is 5.73 Å². The molecule has 2 heterocycles. The van der Waals surface area contributed by atoms with Gasteiger partial charge < -0.3 is 5.73 Å². The van der Waals surface area contributed by atoms with Crippen LogP contribution in [0, 0.1) is 0 Å². The van der Waals surface area contributed by atoms with E-state index in [1.54, 1.807) is 0 Å². The van der Waals surface area contributed by atoms with Crippen molar-refractivity contribution in [3.05, 3.63) is 17.1 Å². The number of nitrogens with zero attached hydrogens (tertiary/aromatic N) is 2. The van der Waals surface area contributed by atoms with Crippen molar-refractivity contribution in [1.82, 2.24) is 9.27 Å². The van der Waals surface area contributed by atoms with E-state index in [1.807, 2.05) is 5.38 Å². The van der Waals surface area contributed by atoms with Crippen molar-refractivity contribution in [1.29, 1.82) is 0 Å². The van der Waals surface area contributed by atoms with Gasteiger partial charge in [0.25, 0.3) is 0 Å². The van der Waals surface area contributed by atoms with Crippen LogP contribution < -0.4 is 5.73 Å². The highest BCUT2D eigenvalue weighted by Crippen LogP contribution is 2.11. The molecule has 0 unspecified atom stereocenters. The van der Waals surface area contributed by atoms with Crippen molar-refractivity contribution in [2.45, 2.75) is 25.4 Å². The first-order valence-electron chi connectivity index (χ1n) is 4.72. The van der Waals surface area contributed by atoms with Gasteiger partial charge >= 0.3 is 0 Å². The lowest BCUT2D eigenvalue weighted by Crippen LogP contribution is -2.39. The Morgan fingerprint density at radius 3 is 2.92 bits per heavy atom. The molecule has 3 nitrogen and oxygen atoms in total. The molecule has 0 aliphatic carbocycles. The van der Waals surface area contributed by atoms with Crippen LogP contribution >= 0.6 is 11.5 Å². The lowest BCUT2D eigenvalue weighted by atomic mass is 10.1. The predicted octanol–water partition coefficient (Wildman–Crippen LogP) is 1.07. The zero-order valence-corrected chi connectivity index (χ0v) is 8.46. The summed E-state index contributed by atoms with van der Waals surface area (Å²) in [5.74, 6) is 0. The number of piperidine rings is 1. The van der Waals surface area contributed by atoms with Gasteiger partial charge in [-0.3, -0.25) is 4.90 Å². The van der Waals surface area contributed by atoms with Crippen LogP contribution in [0.3, 0.4) is 0 Å². The fraction of sp³-hybridized carbons (Fsp3) is 0.667. The molecule has 4 heteroatoms. The number of rotatable bonds is 2. The van der Waals surface area contributed by atoms with Gasteiger partial charge in [0.15, 0.2) is 0 Å². The van der Waals surface area contributed by atoms with E-state index < -0.39 is 0 Å². The number of nitrogens with two attached hydrogens (primary N) is 1. The van der Waals surface area contributed by atoms with E-state index in [0.29, 0.717) is 6.04 Å². The van der Waals surface area contributed by atoms with E-state index in [1.165, 1.54) is 17.2 Å². The summed E-state index contributed by atoms with van der Waals surface area (Å²) in [6, 6.07) is 2.52. The molecule has 2 N–H and O–H groups in total. The molecule has 72 valence electrons. The highest BCUT2D eigenvalue weighted by Gasteiger charge is 2.16. The second kappa shape index (κ2) is 4.17. The summed E-state index contributed by atoms with van der Waals surface area (Å²) in [5.41, 5.74) is 7.02. The molecule has 2 rings (SSSR count). The number of hydrogen-bond donors (Lipinski definition) is 1. The van der Waals surface area contributed by atoms with Gasteiger partial charge in [0.1, 0.15) is 0 Å². The molecule has 1 fully saturated rings. The van der Waals surface area contributed by atoms with Gasteiger partial charge in [0.2, 0.25) is 0 Å². The first-order valence-corrected chi connectivity index (χ1v) is 5.55. The molecule has 0 amide bonds. The van der Waals surface area contributed by atoms with Crippen LogP contribution in [0.25, 0.3) is 0 Å². The molecule has 13 heavy (non-hydrogen) atoms. The van der Waals surface area contributed by atoms with Gasteiger partial charge in [-0.15, -0.1) is 0 Å². The van der Waals surface area contributed by atoms with Gasteiger partial charge in [-0.25, -0.2) is 0 Å². The summed E-state index contributed by atoms with van der Waals surface area (Å²) in [4.78, 5) is 2.43. The Bertz CT molecular complexity index is 239. The Balaban J connectivity index is 1.83. The Kier molecular flexibility index (Phi) is 2.93. The Morgan fingerprint density at radius 2 is 2.31 bits per heavy atom. The van der Waals surface area contributed by atoms with E-state index in [4.69, 9.17) is 5.73 Å². The molecule has 0 aromatic carbocycles. The minimum Gasteiger partial charge on any atom is -0.328 e. The molecule has 1 saturated heterocycles. The lowest BCUT2D eigenvalue weighted by Gasteiger charge is -2.29. The molecule has 0 bridgehead atoms. The van der Waals surface area contributed by atoms with Crippen molar-refractivity contribution in [3.63, 3.8) is 0 Å². The Morgan fingerprint density at radius 1 is 1.54 bits per heavy atom. The minimum atomic E-state index is 0.423. The highest BCUT2D eigenvalue weighted by molar-refractivity contribution is 7.03. The normalized spacial score (nSPS) is 20.7. The first kappa shape index (κ1) is 9.12. The third kappa shape index (κ3) is 2.49. The fourth-order valence-corrected chi connectivity index (χ4v) is 2.19. The van der Waals surface area contributed by atoms with Crippen molar-refractivity contribution < 1.29 is 0 Å². The molecule has 1 aliphatic heterocycles. The summed E-state index contributed by atoms with van der Waals surface area (Å²) in [6.07, 6.45) is 2.26. The van der Waals surface area contributed by atoms with Crippen LogP contribution in [-0.2, 0) is 6.54 Å². The van der Waals surface area contributed by atoms with Crippen molar-refractivity contribution in [3.8, 4) is 0 Å². The summed E-state index contributed by atoms with van der Waals surface area (Å²) in [6.45, 7) is 3.24. The Hall–Kier alpha value is -0.450. The van der Waals surface area contributed by atoms with Gasteiger partial charge in [-0.05, 0) is 30.4 Å². The molecule has 0 saturated carbocycles. The fourth-order valence-electron chi connectivity index (χ4n) is 1.66. The summed E-state index contributed by atoms with van der Waals surface area (Å²) < 4.78 is 4.30. The van der Waals surface area contributed by atoms with E-state index in [9.17, 15) is 0 Å². The third-order valence-electron chi connectivity index (χ3n) is 2.51. The predicted molar refractivity (Wildman–Crippen MR) is 54.6 cm³/mol. The molecule has 1 aromatic heterocycles. The second-order valence-electron chi connectivity index (χ2n) is 3.60. The summed E-state index contributed by atoms with van der Waals surface area (Å²) in [7, 11) is 0. The van der Waals surface area contributed by atoms with E-state index in [0.717, 1.165) is 32.5 Å². The standard InChI is InChI=1S/C9H15N3S/c10-8-1-4-12(5-2-8)7-9-3-6-13-11-9/h3,6,8H,1-2,4-5,7,10H2. The maximum absolute atomic E-state index is 5.83. The molecule has 0 radical (unpaired) electrons. The molecular formula is C9H15N3S. The van der Waals surface area contributed by atoms with Crippen LogP contribution in [0.2, 0.25) is 0 Å². The summed E-state index contributed by atoms with van der Waals surface area (Å²) >= 11 is 1.53. The topological polar surface area (TPSA) is 42.1 Å². The second-order valence-corrected chi connectivity index (χ2v) is 4.27. The molecular weight excluding hydrogens is 182 g/mol. The number of aromatic nitrogens is 1. The average Bonchev–Trinajstić information content (AvgIpc) is 2.62. The van der Waals surface area contributed by atoms with Crippen LogP contribution in [0.5, 0.6) is 0 Å². The molecule has 0 atom stereocenters. The minimum absolute atomic E-state index is 0.423.